The lowest BCUT2D eigenvalue weighted by molar-refractivity contribution is -0.122. The molecular formula is C17H26N6O2S2. The van der Waals surface area contributed by atoms with Crippen LogP contribution in [0, 0.1) is 3.95 Å². The van der Waals surface area contributed by atoms with Crippen LogP contribution >= 0.6 is 23.6 Å². The van der Waals surface area contributed by atoms with Crippen LogP contribution in [-0.4, -0.2) is 76.7 Å². The minimum atomic E-state index is 0.0248. The molecule has 2 fully saturated rings. The van der Waals surface area contributed by atoms with Crippen LogP contribution < -0.4 is 10.2 Å². The summed E-state index contributed by atoms with van der Waals surface area (Å²) in [6.07, 6.45) is 3.75. The third kappa shape index (κ3) is 5.44. The Morgan fingerprint density at radius 2 is 2.00 bits per heavy atom. The van der Waals surface area contributed by atoms with Gasteiger partial charge in [-0.05, 0) is 25.1 Å². The van der Waals surface area contributed by atoms with Crippen LogP contribution in [0.4, 0.5) is 5.13 Å². The Bertz CT molecular complexity index is 749. The van der Waals surface area contributed by atoms with E-state index in [1.54, 1.807) is 22.6 Å². The maximum absolute atomic E-state index is 11.9. The van der Waals surface area contributed by atoms with Crippen molar-refractivity contribution < 1.29 is 9.59 Å². The third-order valence-corrected chi connectivity index (χ3v) is 5.97. The summed E-state index contributed by atoms with van der Waals surface area (Å²) in [5, 5.41) is 8.10. The van der Waals surface area contributed by atoms with E-state index in [-0.39, 0.29) is 17.9 Å². The highest BCUT2D eigenvalue weighted by atomic mass is 32.1. The first-order chi connectivity index (χ1) is 13.0. The van der Waals surface area contributed by atoms with E-state index in [0.717, 1.165) is 39.0 Å². The number of nitrogens with zero attached hydrogens (tertiary/aromatic N) is 5. The Labute approximate surface area is 168 Å². The number of rotatable bonds is 8. The molecular weight excluding hydrogens is 384 g/mol. The summed E-state index contributed by atoms with van der Waals surface area (Å²) in [5.41, 5.74) is 0. The van der Waals surface area contributed by atoms with Gasteiger partial charge in [-0.25, -0.2) is 4.68 Å². The van der Waals surface area contributed by atoms with Crippen LogP contribution in [0.1, 0.15) is 19.8 Å². The number of aromatic nitrogens is 2. The monoisotopic (exact) mass is 410 g/mol. The van der Waals surface area contributed by atoms with Crippen LogP contribution in [-0.2, 0) is 16.3 Å². The Balaban J connectivity index is 1.52. The maximum atomic E-state index is 11.9. The third-order valence-electron chi connectivity index (χ3n) is 4.66. The molecule has 2 heterocycles. The van der Waals surface area contributed by atoms with Gasteiger partial charge in [0.05, 0.1) is 13.2 Å². The highest BCUT2D eigenvalue weighted by molar-refractivity contribution is 7.73. The first kappa shape index (κ1) is 20.1. The highest BCUT2D eigenvalue weighted by Crippen LogP contribution is 2.33. The molecule has 0 unspecified atom stereocenters. The number of nitrogens with one attached hydrogen (secondary N) is 1. The second-order valence-electron chi connectivity index (χ2n) is 6.90. The molecule has 148 valence electrons. The average molecular weight is 411 g/mol. The molecule has 0 bridgehead atoms. The number of amides is 2. The van der Waals surface area contributed by atoms with E-state index in [0.29, 0.717) is 28.8 Å². The molecule has 1 aliphatic carbocycles. The molecule has 2 amide bonds. The van der Waals surface area contributed by atoms with Crippen molar-refractivity contribution in [2.45, 2.75) is 32.5 Å². The molecule has 0 radical (unpaired) electrons. The first-order valence-electron chi connectivity index (χ1n) is 9.18. The van der Waals surface area contributed by atoms with Gasteiger partial charge in [0.2, 0.25) is 16.9 Å². The Kier molecular flexibility index (Phi) is 6.74. The van der Waals surface area contributed by atoms with E-state index >= 15 is 0 Å². The Morgan fingerprint density at radius 1 is 1.33 bits per heavy atom. The Hall–Kier alpha value is -1.62. The second kappa shape index (κ2) is 9.05. The van der Waals surface area contributed by atoms with Gasteiger partial charge in [0.15, 0.2) is 3.95 Å². The predicted molar refractivity (Wildman–Crippen MR) is 108 cm³/mol. The molecule has 1 aliphatic heterocycles. The van der Waals surface area contributed by atoms with Crippen LogP contribution in [0.15, 0.2) is 12.7 Å². The van der Waals surface area contributed by atoms with E-state index in [2.05, 4.69) is 26.8 Å². The normalized spacial score (nSPS) is 18.3. The average Bonchev–Trinajstić information content (AvgIpc) is 3.39. The van der Waals surface area contributed by atoms with Gasteiger partial charge in [0, 0.05) is 45.7 Å². The van der Waals surface area contributed by atoms with Gasteiger partial charge in [-0.1, -0.05) is 17.4 Å². The van der Waals surface area contributed by atoms with E-state index in [1.165, 1.54) is 11.3 Å². The lowest BCUT2D eigenvalue weighted by Crippen LogP contribution is -2.49. The summed E-state index contributed by atoms with van der Waals surface area (Å²) in [6, 6.07) is 0.285. The second-order valence-corrected chi connectivity index (χ2v) is 8.50. The Morgan fingerprint density at radius 3 is 2.59 bits per heavy atom. The minimum Gasteiger partial charge on any atom is -0.352 e. The molecule has 3 rings (SSSR count). The molecule has 1 saturated carbocycles. The van der Waals surface area contributed by atoms with E-state index in [9.17, 15) is 9.59 Å². The van der Waals surface area contributed by atoms with Gasteiger partial charge in [-0.2, -0.15) is 0 Å². The lowest BCUT2D eigenvalue weighted by atomic mass is 10.3. The minimum absolute atomic E-state index is 0.0248. The molecule has 8 nitrogen and oxygen atoms in total. The van der Waals surface area contributed by atoms with Crippen LogP contribution in [0.3, 0.4) is 0 Å². The summed E-state index contributed by atoms with van der Waals surface area (Å²) >= 11 is 6.86. The van der Waals surface area contributed by atoms with Crippen molar-refractivity contribution in [2.24, 2.45) is 0 Å². The molecule has 1 saturated heterocycles. The molecule has 27 heavy (non-hydrogen) atoms. The standard InChI is InChI=1S/C17H26N6O2S2/c1-3-6-18-15(25)11-20-7-9-21(10-8-20)12-22-17(26)27-16(19-22)23(13(2)24)14-4-5-14/h3,14H,1,4-12H2,2H3,(H,18,25). The summed E-state index contributed by atoms with van der Waals surface area (Å²) < 4.78 is 2.49. The van der Waals surface area contributed by atoms with Crippen molar-refractivity contribution in [2.75, 3.05) is 44.2 Å². The topological polar surface area (TPSA) is 73.7 Å². The number of carbonyl (C=O) groups is 2. The summed E-state index contributed by atoms with van der Waals surface area (Å²) in [5.74, 6) is 0.0517. The maximum Gasteiger partial charge on any atom is 0.234 e. The fraction of sp³-hybridized carbons (Fsp3) is 0.647. The molecule has 0 aromatic carbocycles. The number of carbonyl (C=O) groups excluding carboxylic acids is 2. The van der Waals surface area contributed by atoms with Gasteiger partial charge < -0.3 is 5.32 Å². The number of hydrogen-bond donors (Lipinski definition) is 1. The molecule has 1 N–H and O–H groups in total. The zero-order chi connectivity index (χ0) is 19.4. The van der Waals surface area contributed by atoms with Gasteiger partial charge in [0.25, 0.3) is 0 Å². The van der Waals surface area contributed by atoms with Crippen LogP contribution in [0.5, 0.6) is 0 Å². The predicted octanol–water partition coefficient (Wildman–Crippen LogP) is 1.07. The van der Waals surface area contributed by atoms with Crippen LogP contribution in [0.2, 0.25) is 0 Å². The van der Waals surface area contributed by atoms with Crippen molar-refractivity contribution in [3.63, 3.8) is 0 Å². The molecule has 2 aliphatic rings. The number of hydrogen-bond acceptors (Lipinski definition) is 7. The fourth-order valence-electron chi connectivity index (χ4n) is 3.09. The number of anilines is 1. The SMILES string of the molecule is C=CCNC(=O)CN1CCN(Cn2nc(N(C(C)=O)C3CC3)sc2=S)CC1. The van der Waals surface area contributed by atoms with Crippen molar-refractivity contribution in [3.8, 4) is 0 Å². The van der Waals surface area contributed by atoms with Gasteiger partial charge in [-0.3, -0.25) is 24.3 Å². The van der Waals surface area contributed by atoms with Crippen LogP contribution in [0.25, 0.3) is 0 Å². The molecule has 1 aromatic rings. The quantitative estimate of drug-likeness (QED) is 0.510. The van der Waals surface area contributed by atoms with Crippen molar-refractivity contribution >= 4 is 40.5 Å². The van der Waals surface area contributed by atoms with E-state index in [1.807, 2.05) is 0 Å². The highest BCUT2D eigenvalue weighted by Gasteiger charge is 2.34. The zero-order valence-electron chi connectivity index (χ0n) is 15.6. The van der Waals surface area contributed by atoms with Crippen molar-refractivity contribution in [3.05, 3.63) is 16.6 Å². The van der Waals surface area contributed by atoms with Crippen molar-refractivity contribution in [1.29, 1.82) is 0 Å². The molecule has 1 aromatic heterocycles. The molecule has 0 atom stereocenters. The zero-order valence-corrected chi connectivity index (χ0v) is 17.2. The van der Waals surface area contributed by atoms with E-state index < -0.39 is 0 Å². The number of piperazine rings is 1. The van der Waals surface area contributed by atoms with Gasteiger partial charge >= 0.3 is 0 Å². The summed E-state index contributed by atoms with van der Waals surface area (Å²) in [4.78, 5) is 29.9. The van der Waals surface area contributed by atoms with Gasteiger partial charge in [0.1, 0.15) is 0 Å². The fourth-order valence-corrected chi connectivity index (χ4v) is 4.28. The molecule has 0 spiro atoms. The summed E-state index contributed by atoms with van der Waals surface area (Å²) in [6.45, 7) is 10.1. The summed E-state index contributed by atoms with van der Waals surface area (Å²) in [7, 11) is 0. The van der Waals surface area contributed by atoms with Crippen molar-refractivity contribution in [1.82, 2.24) is 24.9 Å². The van der Waals surface area contributed by atoms with Gasteiger partial charge in [-0.15, -0.1) is 11.7 Å². The molecule has 10 heteroatoms. The lowest BCUT2D eigenvalue weighted by Gasteiger charge is -2.33. The first-order valence-corrected chi connectivity index (χ1v) is 10.4. The smallest absolute Gasteiger partial charge is 0.234 e. The largest absolute Gasteiger partial charge is 0.352 e. The van der Waals surface area contributed by atoms with E-state index in [4.69, 9.17) is 12.2 Å².